The van der Waals surface area contributed by atoms with Gasteiger partial charge in [0.25, 0.3) is 0 Å². The van der Waals surface area contributed by atoms with Crippen molar-refractivity contribution in [3.8, 4) is 0 Å². The summed E-state index contributed by atoms with van der Waals surface area (Å²) < 4.78 is 0. The third kappa shape index (κ3) is 5.30. The average molecular weight is 297 g/mol. The number of carbonyl (C=O) groups excluding carboxylic acids is 2. The van der Waals surface area contributed by atoms with Gasteiger partial charge in [-0.3, -0.25) is 9.59 Å². The van der Waals surface area contributed by atoms with Crippen molar-refractivity contribution in [2.24, 2.45) is 5.41 Å². The predicted molar refractivity (Wildman–Crippen MR) is 85.0 cm³/mol. The van der Waals surface area contributed by atoms with Crippen LogP contribution in [-0.4, -0.2) is 48.9 Å². The minimum atomic E-state index is -0.184. The fourth-order valence-electron chi connectivity index (χ4n) is 2.85. The van der Waals surface area contributed by atoms with Crippen LogP contribution in [0.15, 0.2) is 0 Å². The maximum Gasteiger partial charge on any atom is 0.240 e. The summed E-state index contributed by atoms with van der Waals surface area (Å²) in [5.74, 6) is 0.000430. The van der Waals surface area contributed by atoms with E-state index in [0.29, 0.717) is 13.1 Å². The van der Waals surface area contributed by atoms with Crippen molar-refractivity contribution in [2.75, 3.05) is 26.2 Å². The van der Waals surface area contributed by atoms with Gasteiger partial charge in [-0.25, -0.2) is 0 Å². The van der Waals surface area contributed by atoms with Gasteiger partial charge in [0, 0.05) is 13.1 Å². The zero-order chi connectivity index (χ0) is 15.9. The molecule has 21 heavy (non-hydrogen) atoms. The molecule has 0 spiro atoms. The van der Waals surface area contributed by atoms with Crippen LogP contribution in [0, 0.1) is 5.41 Å². The van der Waals surface area contributed by atoms with E-state index in [1.165, 1.54) is 0 Å². The molecule has 0 aromatic heterocycles. The second-order valence-corrected chi connectivity index (χ2v) is 6.59. The summed E-state index contributed by atoms with van der Waals surface area (Å²) in [6.45, 7) is 10.6. The molecular formula is C16H31N3O2. The third-order valence-corrected chi connectivity index (χ3v) is 4.09. The molecule has 1 rings (SSSR count). The molecule has 122 valence electrons. The van der Waals surface area contributed by atoms with E-state index in [-0.39, 0.29) is 29.8 Å². The summed E-state index contributed by atoms with van der Waals surface area (Å²) in [6, 6.07) is -0.184. The van der Waals surface area contributed by atoms with E-state index in [1.54, 1.807) is 4.90 Å². The van der Waals surface area contributed by atoms with Crippen LogP contribution in [0.25, 0.3) is 0 Å². The molecule has 0 radical (unpaired) electrons. The molecule has 0 aliphatic carbocycles. The minimum absolute atomic E-state index is 0.0543. The largest absolute Gasteiger partial charge is 0.355 e. The van der Waals surface area contributed by atoms with Crippen LogP contribution in [0.2, 0.25) is 0 Å². The molecule has 5 heteroatoms. The Bertz CT molecular complexity index is 355. The summed E-state index contributed by atoms with van der Waals surface area (Å²) in [4.78, 5) is 26.4. The number of carbonyl (C=O) groups is 2. The quantitative estimate of drug-likeness (QED) is 0.749. The van der Waals surface area contributed by atoms with Gasteiger partial charge in [0.15, 0.2) is 0 Å². The number of hydrogen-bond acceptors (Lipinski definition) is 3. The van der Waals surface area contributed by atoms with Gasteiger partial charge in [0.05, 0.1) is 12.6 Å². The first-order chi connectivity index (χ1) is 9.92. The van der Waals surface area contributed by atoms with Gasteiger partial charge >= 0.3 is 0 Å². The monoisotopic (exact) mass is 297 g/mol. The second kappa shape index (κ2) is 8.37. The molecule has 1 aliphatic heterocycles. The lowest BCUT2D eigenvalue weighted by Crippen LogP contribution is -2.57. The van der Waals surface area contributed by atoms with Crippen molar-refractivity contribution < 1.29 is 9.59 Å². The first-order valence-electron chi connectivity index (χ1n) is 8.21. The van der Waals surface area contributed by atoms with Gasteiger partial charge in [0.1, 0.15) is 0 Å². The SMILES string of the molecule is CCCNC(=O)CN(CCC)C(=O)C1NCCCC1(C)C. The van der Waals surface area contributed by atoms with Gasteiger partial charge in [0.2, 0.25) is 11.8 Å². The van der Waals surface area contributed by atoms with Crippen LogP contribution in [0.5, 0.6) is 0 Å². The molecule has 1 aliphatic rings. The van der Waals surface area contributed by atoms with Crippen molar-refractivity contribution in [1.82, 2.24) is 15.5 Å². The summed E-state index contributed by atoms with van der Waals surface area (Å²) in [5.41, 5.74) is -0.0543. The maximum absolute atomic E-state index is 12.8. The van der Waals surface area contributed by atoms with E-state index < -0.39 is 0 Å². The zero-order valence-corrected chi connectivity index (χ0v) is 14.0. The van der Waals surface area contributed by atoms with Crippen LogP contribution in [0.1, 0.15) is 53.4 Å². The lowest BCUT2D eigenvalue weighted by atomic mass is 9.77. The van der Waals surface area contributed by atoms with Crippen LogP contribution in [0.3, 0.4) is 0 Å². The number of nitrogens with zero attached hydrogens (tertiary/aromatic N) is 1. The highest BCUT2D eigenvalue weighted by Gasteiger charge is 2.39. The number of piperidine rings is 1. The first kappa shape index (κ1) is 18.0. The lowest BCUT2D eigenvalue weighted by molar-refractivity contribution is -0.141. The topological polar surface area (TPSA) is 61.4 Å². The molecule has 1 heterocycles. The van der Waals surface area contributed by atoms with E-state index in [2.05, 4.69) is 24.5 Å². The Morgan fingerprint density at radius 3 is 2.57 bits per heavy atom. The molecule has 1 unspecified atom stereocenters. The molecule has 1 saturated heterocycles. The zero-order valence-electron chi connectivity index (χ0n) is 14.0. The van der Waals surface area contributed by atoms with Crippen LogP contribution in [-0.2, 0) is 9.59 Å². The van der Waals surface area contributed by atoms with Crippen LogP contribution < -0.4 is 10.6 Å². The Labute approximate surface area is 128 Å². The lowest BCUT2D eigenvalue weighted by Gasteiger charge is -2.40. The molecule has 2 amide bonds. The van der Waals surface area contributed by atoms with E-state index in [0.717, 1.165) is 32.2 Å². The van der Waals surface area contributed by atoms with E-state index in [4.69, 9.17) is 0 Å². The van der Waals surface area contributed by atoms with Gasteiger partial charge < -0.3 is 15.5 Å². The summed E-state index contributed by atoms with van der Waals surface area (Å²) >= 11 is 0. The van der Waals surface area contributed by atoms with Gasteiger partial charge in [-0.05, 0) is 37.6 Å². The van der Waals surface area contributed by atoms with Crippen molar-refractivity contribution in [3.63, 3.8) is 0 Å². The highest BCUT2D eigenvalue weighted by molar-refractivity contribution is 5.88. The fraction of sp³-hybridized carbons (Fsp3) is 0.875. The van der Waals surface area contributed by atoms with E-state index in [1.807, 2.05) is 13.8 Å². The maximum atomic E-state index is 12.8. The van der Waals surface area contributed by atoms with Gasteiger partial charge in [-0.15, -0.1) is 0 Å². The Morgan fingerprint density at radius 1 is 1.29 bits per heavy atom. The smallest absolute Gasteiger partial charge is 0.240 e. The fourth-order valence-corrected chi connectivity index (χ4v) is 2.85. The van der Waals surface area contributed by atoms with Gasteiger partial charge in [-0.1, -0.05) is 27.7 Å². The molecule has 0 bridgehead atoms. The van der Waals surface area contributed by atoms with Crippen molar-refractivity contribution in [1.29, 1.82) is 0 Å². The standard InChI is InChI=1S/C16H31N3O2/c1-5-9-17-13(20)12-19(11-6-2)15(21)14-16(3,4)8-7-10-18-14/h14,18H,5-12H2,1-4H3,(H,17,20). The highest BCUT2D eigenvalue weighted by Crippen LogP contribution is 2.31. The van der Waals surface area contributed by atoms with Gasteiger partial charge in [-0.2, -0.15) is 0 Å². The number of hydrogen-bond donors (Lipinski definition) is 2. The third-order valence-electron chi connectivity index (χ3n) is 4.09. The van der Waals surface area contributed by atoms with Crippen molar-refractivity contribution >= 4 is 11.8 Å². The van der Waals surface area contributed by atoms with Crippen molar-refractivity contribution in [3.05, 3.63) is 0 Å². The molecule has 1 atom stereocenters. The number of rotatable bonds is 7. The highest BCUT2D eigenvalue weighted by atomic mass is 16.2. The Kier molecular flexibility index (Phi) is 7.15. The molecular weight excluding hydrogens is 266 g/mol. The average Bonchev–Trinajstić information content (AvgIpc) is 2.43. The molecule has 0 aromatic carbocycles. The van der Waals surface area contributed by atoms with Crippen molar-refractivity contribution in [2.45, 2.75) is 59.4 Å². The van der Waals surface area contributed by atoms with E-state index >= 15 is 0 Å². The van der Waals surface area contributed by atoms with E-state index in [9.17, 15) is 9.59 Å². The molecule has 1 fully saturated rings. The molecule has 0 saturated carbocycles. The Hall–Kier alpha value is -1.10. The van der Waals surface area contributed by atoms with Crippen LogP contribution >= 0.6 is 0 Å². The number of nitrogens with one attached hydrogen (secondary N) is 2. The molecule has 2 N–H and O–H groups in total. The normalized spacial score (nSPS) is 20.9. The van der Waals surface area contributed by atoms with Crippen LogP contribution in [0.4, 0.5) is 0 Å². The Morgan fingerprint density at radius 2 is 2.00 bits per heavy atom. The first-order valence-corrected chi connectivity index (χ1v) is 8.21. The molecule has 0 aromatic rings. The summed E-state index contributed by atoms with van der Waals surface area (Å²) in [6.07, 6.45) is 3.91. The predicted octanol–water partition coefficient (Wildman–Crippen LogP) is 1.53. The number of amides is 2. The summed E-state index contributed by atoms with van der Waals surface area (Å²) in [5, 5.41) is 6.19. The molecule has 5 nitrogen and oxygen atoms in total. The Balaban J connectivity index is 2.69. The summed E-state index contributed by atoms with van der Waals surface area (Å²) in [7, 11) is 0. The minimum Gasteiger partial charge on any atom is -0.355 e. The second-order valence-electron chi connectivity index (χ2n) is 6.59.